The lowest BCUT2D eigenvalue weighted by Crippen LogP contribution is -2.71. The van der Waals surface area contributed by atoms with Crippen molar-refractivity contribution in [2.24, 2.45) is 50.2 Å². The molecule has 6 saturated heterocycles. The fourth-order valence-electron chi connectivity index (χ4n) is 19.2. The van der Waals surface area contributed by atoms with Crippen LogP contribution >= 0.6 is 0 Å². The predicted molar refractivity (Wildman–Crippen MR) is 323 cm³/mol. The molecule has 11 rings (SSSR count). The van der Waals surface area contributed by atoms with Crippen molar-refractivity contribution in [2.75, 3.05) is 26.4 Å². The van der Waals surface area contributed by atoms with Crippen molar-refractivity contribution in [3.8, 4) is 0 Å². The largest absolute Gasteiger partial charge is 0.481 e. The van der Waals surface area contributed by atoms with Gasteiger partial charge in [-0.1, -0.05) is 39.3 Å². The molecule has 39 atom stereocenters. The highest BCUT2D eigenvalue weighted by molar-refractivity contribution is 5.79. The molecule has 1 unspecified atom stereocenters. The van der Waals surface area contributed by atoms with E-state index in [-0.39, 0.29) is 38.7 Å². The number of carbonyl (C=O) groups is 2. The van der Waals surface area contributed by atoms with Crippen LogP contribution in [0, 0.1) is 50.2 Å². The number of ether oxygens (including phenoxy) is 12. The van der Waals surface area contributed by atoms with E-state index in [0.29, 0.717) is 25.7 Å². The standard InChI is InChI=1S/C65H104O33/c1-23-34(70)39(75)44(80)53(88-23)95-49-35(71)24(2)89-57(50(49)96-54-47(83)42(78)48(25(3)90-54)94-52-43(79)38(74)31(21-87-52)93-55-45(81)40(76)36(72)29(19-66)91-55)98-59(86)64-14-13-60(4,5)17-27(64)26-9-10-32-61(6)18-28(69)51(97-56-46(82)41(77)37(73)30(20-67)92-56)63(8,58(84)85)33(61)11-12-62(32,7)65(26,22-68)16-15-64/h9,23-25,27-57,66-83H,10-22H2,1-8H3,(H,84,85)/t23-,24+,25-,27-,28-,29+,30+,31+,32+,33?,34-,35-,36-,37+,38-,39+,40-,41-,42-,43+,44+,45+,46+,47+,48-,49-,50+,51-,52-,53-,54-,55-,56-,57-,61+,62+,63-,64-,65-/m0/s1. The summed E-state index contributed by atoms with van der Waals surface area (Å²) in [6, 6.07) is 0. The predicted octanol–water partition coefficient (Wildman–Crippen LogP) is -5.66. The Morgan fingerprint density at radius 1 is 0.500 bits per heavy atom. The number of hydrogen-bond acceptors (Lipinski definition) is 32. The lowest BCUT2D eigenvalue weighted by Gasteiger charge is -2.71. The summed E-state index contributed by atoms with van der Waals surface area (Å²) in [7, 11) is 0. The lowest BCUT2D eigenvalue weighted by molar-refractivity contribution is -0.392. The van der Waals surface area contributed by atoms with E-state index in [4.69, 9.17) is 56.8 Å². The summed E-state index contributed by atoms with van der Waals surface area (Å²) in [6.45, 7) is 11.3. The number of carboxylic acids is 1. The number of aliphatic hydroxyl groups excluding tert-OH is 18. The Labute approximate surface area is 565 Å². The Morgan fingerprint density at radius 3 is 1.60 bits per heavy atom. The van der Waals surface area contributed by atoms with Crippen molar-refractivity contribution in [2.45, 2.75) is 304 Å². The molecule has 6 heterocycles. The number of carboxylic acid groups (broad SMARTS) is 1. The minimum Gasteiger partial charge on any atom is -0.481 e. The second kappa shape index (κ2) is 28.4. The first kappa shape index (κ1) is 76.6. The Morgan fingerprint density at radius 2 is 1.01 bits per heavy atom. The van der Waals surface area contributed by atoms with Gasteiger partial charge in [0.15, 0.2) is 37.6 Å². The van der Waals surface area contributed by atoms with E-state index >= 15 is 4.79 Å². The van der Waals surface area contributed by atoms with E-state index in [2.05, 4.69) is 20.8 Å². The Kier molecular flexibility index (Phi) is 22.2. The summed E-state index contributed by atoms with van der Waals surface area (Å²) >= 11 is 0. The van der Waals surface area contributed by atoms with Crippen LogP contribution in [0.5, 0.6) is 0 Å². The van der Waals surface area contributed by atoms with Gasteiger partial charge in [-0.05, 0) is 119 Å². The summed E-state index contributed by atoms with van der Waals surface area (Å²) in [5, 5.41) is 210. The lowest BCUT2D eigenvalue weighted by atomic mass is 9.33. The molecule has 0 bridgehead atoms. The van der Waals surface area contributed by atoms with Gasteiger partial charge < -0.3 is 154 Å². The molecular weight excluding hydrogens is 1310 g/mol. The topological polar surface area (TPSA) is 529 Å². The average molecular weight is 1410 g/mol. The summed E-state index contributed by atoms with van der Waals surface area (Å²) in [5.74, 6) is -3.82. The first-order valence-corrected chi connectivity index (χ1v) is 34.3. The van der Waals surface area contributed by atoms with Crippen molar-refractivity contribution in [1.29, 1.82) is 0 Å². The van der Waals surface area contributed by atoms with Crippen LogP contribution in [-0.2, 0) is 66.4 Å². The molecular formula is C65H104O33. The van der Waals surface area contributed by atoms with Gasteiger partial charge in [-0.3, -0.25) is 9.59 Å². The molecule has 33 nitrogen and oxygen atoms in total. The van der Waals surface area contributed by atoms with Gasteiger partial charge in [-0.25, -0.2) is 0 Å². The van der Waals surface area contributed by atoms with Gasteiger partial charge in [0.2, 0.25) is 6.29 Å². The van der Waals surface area contributed by atoms with E-state index < -0.39 is 272 Å². The van der Waals surface area contributed by atoms with Crippen LogP contribution in [0.3, 0.4) is 0 Å². The number of esters is 1. The molecule has 98 heavy (non-hydrogen) atoms. The van der Waals surface area contributed by atoms with Crippen LogP contribution in [0.25, 0.3) is 0 Å². The molecule has 0 aromatic carbocycles. The molecule has 10 fully saturated rings. The normalized spacial score (nSPS) is 55.0. The number of carbonyl (C=O) groups excluding carboxylic acids is 1. The third kappa shape index (κ3) is 12.7. The molecule has 562 valence electrons. The zero-order valence-electron chi connectivity index (χ0n) is 56.1. The summed E-state index contributed by atoms with van der Waals surface area (Å²) in [6.07, 6.45) is -48.4. The third-order valence-electron chi connectivity index (χ3n) is 25.2. The van der Waals surface area contributed by atoms with Gasteiger partial charge in [0, 0.05) is 5.41 Å². The fraction of sp³-hybridized carbons (Fsp3) is 0.938. The van der Waals surface area contributed by atoms with E-state index in [1.54, 1.807) is 0 Å². The van der Waals surface area contributed by atoms with Gasteiger partial charge in [0.1, 0.15) is 122 Å². The second-order valence-corrected chi connectivity index (χ2v) is 31.2. The quantitative estimate of drug-likeness (QED) is 0.0389. The Bertz CT molecular complexity index is 2820. The second-order valence-electron chi connectivity index (χ2n) is 31.2. The smallest absolute Gasteiger partial charge is 0.315 e. The van der Waals surface area contributed by atoms with Crippen molar-refractivity contribution in [3.63, 3.8) is 0 Å². The minimum absolute atomic E-state index is 0.00600. The first-order chi connectivity index (χ1) is 45.9. The number of aliphatic hydroxyl groups is 18. The maximum Gasteiger partial charge on any atom is 0.315 e. The van der Waals surface area contributed by atoms with Gasteiger partial charge in [-0.2, -0.15) is 0 Å². The maximum atomic E-state index is 16.0. The number of allylic oxidation sites excluding steroid dienone is 1. The van der Waals surface area contributed by atoms with Gasteiger partial charge in [0.05, 0.1) is 61.7 Å². The minimum atomic E-state index is -2.11. The van der Waals surface area contributed by atoms with Crippen LogP contribution in [-0.4, -0.2) is 326 Å². The van der Waals surface area contributed by atoms with E-state index in [1.807, 2.05) is 13.0 Å². The molecule has 11 aliphatic rings. The highest BCUT2D eigenvalue weighted by Gasteiger charge is 2.74. The van der Waals surface area contributed by atoms with Crippen LogP contribution in [0.4, 0.5) is 0 Å². The first-order valence-electron chi connectivity index (χ1n) is 34.3. The zero-order chi connectivity index (χ0) is 71.7. The molecule has 19 N–H and O–H groups in total. The number of hydrogen-bond donors (Lipinski definition) is 19. The fourth-order valence-corrected chi connectivity index (χ4v) is 19.2. The Balaban J connectivity index is 0.857. The zero-order valence-corrected chi connectivity index (χ0v) is 56.1. The van der Waals surface area contributed by atoms with Crippen molar-refractivity contribution >= 4 is 11.9 Å². The van der Waals surface area contributed by atoms with Crippen molar-refractivity contribution < 1.29 is 163 Å². The SMILES string of the molecule is C[C@@H]1O[C@@H](O[C@H]2[C@@H](O)[C@@H](C)O[C@@H](OC(=O)[C@]34CCC(C)(C)C[C@H]3C3=CC[C@@H]5[C@@]6(C)C[C@H](O)[C@H](O[C@@H]7O[C@H](CO)[C@@H](O)[C@H](O)[C@H]7O)[C@@](C)(C(=O)O)C6CC[C@@]5(C)[C@]3(CO)CC4)[C@@H]2O[C@@H]2O[C@@H](C)[C@H](O[C@@H]3OC[C@@H](O[C@@H]4O[C@H](CO)[C@H](O)[C@H](O)[C@H]4O)[C@H](O)[C@H]3O)[C@@H](O)[C@H]2O)[C@H](O)[C@H](O)[C@H]1O. The van der Waals surface area contributed by atoms with Crippen LogP contribution < -0.4 is 0 Å². The maximum absolute atomic E-state index is 16.0. The third-order valence-corrected chi connectivity index (χ3v) is 25.2. The molecule has 5 aliphatic carbocycles. The van der Waals surface area contributed by atoms with Crippen LogP contribution in [0.15, 0.2) is 11.6 Å². The Hall–Kier alpha value is -2.48. The van der Waals surface area contributed by atoms with E-state index in [0.717, 1.165) is 5.57 Å². The highest BCUT2D eigenvalue weighted by Crippen LogP contribution is 2.76. The molecule has 33 heteroatoms. The molecule has 0 radical (unpaired) electrons. The number of rotatable bonds is 16. The summed E-state index contributed by atoms with van der Waals surface area (Å²) in [5.41, 5.74) is -5.64. The monoisotopic (exact) mass is 1410 g/mol. The van der Waals surface area contributed by atoms with E-state index in [9.17, 15) is 102 Å². The molecule has 0 aromatic rings. The molecule has 0 aromatic heterocycles. The van der Waals surface area contributed by atoms with Crippen molar-refractivity contribution in [3.05, 3.63) is 11.6 Å². The number of aliphatic carboxylic acids is 1. The van der Waals surface area contributed by atoms with E-state index in [1.165, 1.54) is 27.7 Å². The molecule has 4 saturated carbocycles. The average Bonchev–Trinajstić information content (AvgIpc) is 0.669. The summed E-state index contributed by atoms with van der Waals surface area (Å²) in [4.78, 5) is 29.9. The van der Waals surface area contributed by atoms with Gasteiger partial charge in [-0.15, -0.1) is 0 Å². The summed E-state index contributed by atoms with van der Waals surface area (Å²) < 4.78 is 72.2. The van der Waals surface area contributed by atoms with Crippen molar-refractivity contribution in [1.82, 2.24) is 0 Å². The highest BCUT2D eigenvalue weighted by atomic mass is 16.8. The molecule has 0 spiro atoms. The molecule has 6 aliphatic heterocycles. The number of fused-ring (bicyclic) bond motifs is 7. The van der Waals surface area contributed by atoms with Gasteiger partial charge >= 0.3 is 11.9 Å². The van der Waals surface area contributed by atoms with Crippen LogP contribution in [0.2, 0.25) is 0 Å². The van der Waals surface area contributed by atoms with Crippen LogP contribution in [0.1, 0.15) is 113 Å². The van der Waals surface area contributed by atoms with Gasteiger partial charge in [0.25, 0.3) is 0 Å². The molecule has 0 amide bonds.